The number of carbonyl (C=O) groups is 1. The van der Waals surface area contributed by atoms with E-state index in [4.69, 9.17) is 9.47 Å². The number of halogens is 1. The summed E-state index contributed by atoms with van der Waals surface area (Å²) in [5.41, 5.74) is -6.20. The van der Waals surface area contributed by atoms with Crippen LogP contribution < -0.4 is 11.2 Å². The first-order chi connectivity index (χ1) is 11.0. The van der Waals surface area contributed by atoms with Crippen molar-refractivity contribution >= 4 is 5.97 Å². The fourth-order valence-corrected chi connectivity index (χ4v) is 2.47. The monoisotopic (exact) mass is 344 g/mol. The second-order valence-corrected chi connectivity index (χ2v) is 6.48. The maximum Gasteiger partial charge on any atom is 0.330 e. The molecule has 0 bridgehead atoms. The van der Waals surface area contributed by atoms with Crippen molar-refractivity contribution < 1.29 is 23.8 Å². The van der Waals surface area contributed by atoms with Gasteiger partial charge in [0.15, 0.2) is 11.9 Å². The lowest BCUT2D eigenvalue weighted by molar-refractivity contribution is -0.157. The number of hydrogen-bond acceptors (Lipinski definition) is 6. The maximum atomic E-state index is 15.2. The summed E-state index contributed by atoms with van der Waals surface area (Å²) < 4.78 is 26.2. The van der Waals surface area contributed by atoms with Gasteiger partial charge in [0.2, 0.25) is 0 Å². The number of hydrogen-bond donors (Lipinski definition) is 2. The van der Waals surface area contributed by atoms with Gasteiger partial charge >= 0.3 is 11.7 Å². The highest BCUT2D eigenvalue weighted by atomic mass is 19.1. The summed E-state index contributed by atoms with van der Waals surface area (Å²) >= 11 is 0. The van der Waals surface area contributed by atoms with Gasteiger partial charge in [0.25, 0.3) is 5.56 Å². The average molecular weight is 344 g/mol. The Morgan fingerprint density at radius 3 is 2.67 bits per heavy atom. The van der Waals surface area contributed by atoms with E-state index < -0.39 is 53.3 Å². The van der Waals surface area contributed by atoms with Gasteiger partial charge in [0.1, 0.15) is 18.3 Å². The van der Waals surface area contributed by atoms with E-state index in [2.05, 4.69) is 4.98 Å². The van der Waals surface area contributed by atoms with Gasteiger partial charge in [0.05, 0.1) is 5.92 Å². The van der Waals surface area contributed by atoms with Crippen LogP contribution in [0, 0.1) is 5.92 Å². The first-order valence-electron chi connectivity index (χ1n) is 7.53. The summed E-state index contributed by atoms with van der Waals surface area (Å²) in [6, 6.07) is 1.04. The largest absolute Gasteiger partial charge is 0.463 e. The predicted molar refractivity (Wildman–Crippen MR) is 81.2 cm³/mol. The topological polar surface area (TPSA) is 111 Å². The van der Waals surface area contributed by atoms with Crippen molar-refractivity contribution in [3.63, 3.8) is 0 Å². The number of aromatic nitrogens is 2. The lowest BCUT2D eigenvalue weighted by Crippen LogP contribution is -2.54. The molecule has 0 spiro atoms. The van der Waals surface area contributed by atoms with Gasteiger partial charge in [-0.1, -0.05) is 13.8 Å². The SMILES string of the molecule is CC(C)C(=O)OC[C@H]1O[C@@H](n2c(=O)cc[nH]c2=O)[C@](C)(F)[C@]1(C)O. The van der Waals surface area contributed by atoms with Crippen LogP contribution in [0.5, 0.6) is 0 Å². The van der Waals surface area contributed by atoms with Crippen molar-refractivity contribution in [2.75, 3.05) is 6.61 Å². The van der Waals surface area contributed by atoms with Crippen LogP contribution >= 0.6 is 0 Å². The van der Waals surface area contributed by atoms with Crippen LogP contribution in [0.3, 0.4) is 0 Å². The number of nitrogens with one attached hydrogen (secondary N) is 1. The van der Waals surface area contributed by atoms with E-state index in [1.54, 1.807) is 13.8 Å². The number of ether oxygens (including phenoxy) is 2. The summed E-state index contributed by atoms with van der Waals surface area (Å²) in [4.78, 5) is 37.6. The van der Waals surface area contributed by atoms with Crippen molar-refractivity contribution in [3.05, 3.63) is 33.1 Å². The number of esters is 1. The van der Waals surface area contributed by atoms with Gasteiger partial charge in [0, 0.05) is 12.3 Å². The number of nitrogens with zero attached hydrogens (tertiary/aromatic N) is 1. The molecule has 0 saturated carbocycles. The molecule has 0 aliphatic carbocycles. The molecule has 8 nitrogen and oxygen atoms in total. The first-order valence-corrected chi connectivity index (χ1v) is 7.53. The van der Waals surface area contributed by atoms with Gasteiger partial charge in [-0.05, 0) is 13.8 Å². The van der Waals surface area contributed by atoms with Crippen molar-refractivity contribution in [3.8, 4) is 0 Å². The van der Waals surface area contributed by atoms with Crippen LogP contribution in [-0.2, 0) is 14.3 Å². The highest BCUT2D eigenvalue weighted by molar-refractivity contribution is 5.71. The average Bonchev–Trinajstić information content (AvgIpc) is 2.64. The number of aliphatic hydroxyl groups is 1. The van der Waals surface area contributed by atoms with E-state index in [9.17, 15) is 19.5 Å². The maximum absolute atomic E-state index is 15.2. The Balaban J connectivity index is 2.35. The molecule has 1 saturated heterocycles. The molecule has 2 heterocycles. The Labute approximate surface area is 137 Å². The molecule has 0 amide bonds. The summed E-state index contributed by atoms with van der Waals surface area (Å²) in [6.07, 6.45) is -1.77. The fraction of sp³-hybridized carbons (Fsp3) is 0.667. The van der Waals surface area contributed by atoms with Crippen LogP contribution in [0.25, 0.3) is 0 Å². The first kappa shape index (κ1) is 18.3. The van der Waals surface area contributed by atoms with Crippen LogP contribution in [-0.4, -0.2) is 44.6 Å². The van der Waals surface area contributed by atoms with Crippen molar-refractivity contribution in [1.82, 2.24) is 9.55 Å². The van der Waals surface area contributed by atoms with Gasteiger partial charge in [-0.2, -0.15) is 0 Å². The summed E-state index contributed by atoms with van der Waals surface area (Å²) in [5, 5.41) is 10.5. The van der Waals surface area contributed by atoms with Crippen LogP contribution in [0.4, 0.5) is 4.39 Å². The van der Waals surface area contributed by atoms with E-state index in [0.29, 0.717) is 4.57 Å². The zero-order valence-corrected chi connectivity index (χ0v) is 13.9. The molecule has 4 atom stereocenters. The third kappa shape index (κ3) is 2.89. The van der Waals surface area contributed by atoms with Crippen LogP contribution in [0.2, 0.25) is 0 Å². The van der Waals surface area contributed by atoms with Gasteiger partial charge in [-0.3, -0.25) is 9.59 Å². The van der Waals surface area contributed by atoms with Crippen molar-refractivity contribution in [1.29, 1.82) is 0 Å². The van der Waals surface area contributed by atoms with E-state index in [1.165, 1.54) is 6.92 Å². The van der Waals surface area contributed by atoms with Gasteiger partial charge in [-0.25, -0.2) is 13.8 Å². The molecule has 24 heavy (non-hydrogen) atoms. The number of alkyl halides is 1. The zero-order chi connectivity index (χ0) is 18.3. The quantitative estimate of drug-likeness (QED) is 0.750. The lowest BCUT2D eigenvalue weighted by atomic mass is 9.84. The molecule has 0 aromatic carbocycles. The number of rotatable bonds is 4. The molecule has 1 aliphatic heterocycles. The van der Waals surface area contributed by atoms with Crippen LogP contribution in [0.1, 0.15) is 33.9 Å². The Bertz CT molecular complexity index is 708. The smallest absolute Gasteiger partial charge is 0.330 e. The van der Waals surface area contributed by atoms with E-state index in [1.807, 2.05) is 0 Å². The summed E-state index contributed by atoms with van der Waals surface area (Å²) in [6.45, 7) is 5.05. The van der Waals surface area contributed by atoms with Crippen molar-refractivity contribution in [2.24, 2.45) is 5.92 Å². The third-order valence-corrected chi connectivity index (χ3v) is 4.35. The zero-order valence-electron chi connectivity index (χ0n) is 13.9. The molecule has 2 rings (SSSR count). The molecule has 0 unspecified atom stereocenters. The fourth-order valence-electron chi connectivity index (χ4n) is 2.47. The predicted octanol–water partition coefficient (Wildman–Crippen LogP) is 0.112. The minimum atomic E-state index is -2.47. The Morgan fingerprint density at radius 2 is 2.12 bits per heavy atom. The van der Waals surface area contributed by atoms with E-state index in [-0.39, 0.29) is 0 Å². The van der Waals surface area contributed by atoms with E-state index >= 15 is 4.39 Å². The molecule has 1 aliphatic rings. The minimum absolute atomic E-state index is 0.400. The van der Waals surface area contributed by atoms with Crippen molar-refractivity contribution in [2.45, 2.75) is 51.3 Å². The van der Waals surface area contributed by atoms with Gasteiger partial charge in [-0.15, -0.1) is 0 Å². The highest BCUT2D eigenvalue weighted by Gasteiger charge is 2.64. The molecule has 2 N–H and O–H groups in total. The highest BCUT2D eigenvalue weighted by Crippen LogP contribution is 2.47. The number of H-pyrrole nitrogens is 1. The second kappa shape index (κ2) is 6.14. The summed E-state index contributed by atoms with van der Waals surface area (Å²) in [7, 11) is 0. The molecule has 134 valence electrons. The van der Waals surface area contributed by atoms with Crippen LogP contribution in [0.15, 0.2) is 21.9 Å². The third-order valence-electron chi connectivity index (χ3n) is 4.35. The molecule has 1 aromatic heterocycles. The molecular formula is C15H21FN2O6. The Hall–Kier alpha value is -2.00. The number of carbonyl (C=O) groups excluding carboxylic acids is 1. The molecule has 9 heteroatoms. The Morgan fingerprint density at radius 1 is 1.50 bits per heavy atom. The lowest BCUT2D eigenvalue weighted by Gasteiger charge is -2.32. The minimum Gasteiger partial charge on any atom is -0.463 e. The number of aromatic amines is 1. The normalized spacial score (nSPS) is 33.0. The standard InChI is InChI=1S/C15H21FN2O6/c1-8(2)11(20)23-7-9-15(4,22)14(3,16)12(24-9)18-10(19)5-6-17-13(18)21/h5-6,8-9,12,22H,7H2,1-4H3,(H,17,21)/t9-,12-,14+,15-/m1/s1. The summed E-state index contributed by atoms with van der Waals surface area (Å²) in [5.74, 6) is -0.934. The van der Waals surface area contributed by atoms with Gasteiger partial charge < -0.3 is 19.6 Å². The molecule has 0 radical (unpaired) electrons. The van der Waals surface area contributed by atoms with E-state index in [0.717, 1.165) is 19.2 Å². The molecule has 1 fully saturated rings. The molecular weight excluding hydrogens is 323 g/mol. The second-order valence-electron chi connectivity index (χ2n) is 6.48. The Kier molecular flexibility index (Phi) is 4.69. The molecule has 1 aromatic rings.